The quantitative estimate of drug-likeness (QED) is 0.257. The fourth-order valence-corrected chi connectivity index (χ4v) is 1.91. The monoisotopic (exact) mass is 378 g/mol. The highest BCUT2D eigenvalue weighted by molar-refractivity contribution is 6.44. The van der Waals surface area contributed by atoms with Crippen LogP contribution < -0.4 is 15.8 Å². The zero-order valence-electron chi connectivity index (χ0n) is 13.3. The van der Waals surface area contributed by atoms with Crippen molar-refractivity contribution >= 4 is 35.1 Å². The Morgan fingerprint density at radius 3 is 2.15 bits per heavy atom. The molecule has 0 saturated heterocycles. The number of anilines is 1. The first-order valence-electron chi connectivity index (χ1n) is 7.31. The van der Waals surface area contributed by atoms with Gasteiger partial charge in [-0.3, -0.25) is 4.79 Å². The van der Waals surface area contributed by atoms with Crippen LogP contribution in [0.3, 0.4) is 0 Å². The van der Waals surface area contributed by atoms with E-state index in [1.807, 2.05) is 0 Å². The summed E-state index contributed by atoms with van der Waals surface area (Å²) in [5.74, 6) is -3.60. The Bertz CT molecular complexity index is 818. The number of carbonyl (C=O) groups excluding carboxylic acids is 2. The van der Waals surface area contributed by atoms with E-state index in [1.165, 1.54) is 24.3 Å². The van der Waals surface area contributed by atoms with Gasteiger partial charge in [0.25, 0.3) is 5.91 Å². The van der Waals surface area contributed by atoms with Crippen LogP contribution in [-0.4, -0.2) is 33.1 Å². The standard InChI is InChI=1S/C17H15ClN2O6/c18-17(25,16(23)24)15(22)20-12-5-7-13(8-6-12)26-14(21)11-3-1-10(9-19)2-4-11/h1-8,25H,9,19H2,(H,20,22)(H,23,24). The molecule has 0 aliphatic heterocycles. The summed E-state index contributed by atoms with van der Waals surface area (Å²) in [4.78, 5) is 34.3. The minimum Gasteiger partial charge on any atom is -0.478 e. The maximum Gasteiger partial charge on any atom is 0.362 e. The lowest BCUT2D eigenvalue weighted by molar-refractivity contribution is -0.155. The normalized spacial score (nSPS) is 12.7. The first-order chi connectivity index (χ1) is 12.2. The van der Waals surface area contributed by atoms with Crippen molar-refractivity contribution in [2.75, 3.05) is 5.32 Å². The van der Waals surface area contributed by atoms with E-state index in [1.54, 1.807) is 24.3 Å². The van der Waals surface area contributed by atoms with Crippen molar-refractivity contribution < 1.29 is 29.3 Å². The molecule has 8 nitrogen and oxygen atoms in total. The van der Waals surface area contributed by atoms with E-state index in [-0.39, 0.29) is 11.4 Å². The minimum atomic E-state index is -3.08. The summed E-state index contributed by atoms with van der Waals surface area (Å²) in [5, 5.41) is 17.1. The van der Waals surface area contributed by atoms with Crippen LogP contribution in [0.1, 0.15) is 15.9 Å². The largest absolute Gasteiger partial charge is 0.478 e. The number of nitrogens with two attached hydrogens (primary N) is 1. The number of aliphatic hydroxyl groups is 1. The van der Waals surface area contributed by atoms with Gasteiger partial charge in [0.2, 0.25) is 0 Å². The second kappa shape index (κ2) is 7.96. The lowest BCUT2D eigenvalue weighted by Crippen LogP contribution is -2.44. The Kier molecular flexibility index (Phi) is 5.93. The van der Waals surface area contributed by atoms with Gasteiger partial charge in [0.05, 0.1) is 5.56 Å². The predicted octanol–water partition coefficient (Wildman–Crippen LogP) is 1.31. The number of benzene rings is 2. The van der Waals surface area contributed by atoms with E-state index in [4.69, 9.17) is 27.2 Å². The third-order valence-corrected chi connectivity index (χ3v) is 3.67. The second-order valence-corrected chi connectivity index (χ2v) is 5.74. The van der Waals surface area contributed by atoms with Gasteiger partial charge in [-0.2, -0.15) is 0 Å². The fraction of sp³-hybridized carbons (Fsp3) is 0.118. The average molecular weight is 379 g/mol. The summed E-state index contributed by atoms with van der Waals surface area (Å²) in [5.41, 5.74) is 6.86. The van der Waals surface area contributed by atoms with Crippen molar-refractivity contribution in [2.45, 2.75) is 11.6 Å². The molecule has 2 aromatic carbocycles. The lowest BCUT2D eigenvalue weighted by Gasteiger charge is -2.15. The van der Waals surface area contributed by atoms with E-state index in [0.717, 1.165) is 5.56 Å². The van der Waals surface area contributed by atoms with Crippen LogP contribution in [0.2, 0.25) is 0 Å². The van der Waals surface area contributed by atoms with Crippen LogP contribution in [0, 0.1) is 0 Å². The van der Waals surface area contributed by atoms with E-state index >= 15 is 0 Å². The summed E-state index contributed by atoms with van der Waals surface area (Å²) >= 11 is 5.23. The molecule has 9 heteroatoms. The van der Waals surface area contributed by atoms with Crippen molar-refractivity contribution in [2.24, 2.45) is 5.73 Å². The highest BCUT2D eigenvalue weighted by Gasteiger charge is 2.42. The molecule has 0 aliphatic rings. The number of esters is 1. The maximum atomic E-state index is 12.0. The van der Waals surface area contributed by atoms with Crippen LogP contribution in [0.25, 0.3) is 0 Å². The number of carboxylic acid groups (broad SMARTS) is 1. The third kappa shape index (κ3) is 4.57. The van der Waals surface area contributed by atoms with Gasteiger partial charge in [-0.05, 0) is 42.0 Å². The molecule has 2 rings (SSSR count). The number of halogens is 1. The van der Waals surface area contributed by atoms with E-state index in [9.17, 15) is 19.5 Å². The Labute approximate surface area is 153 Å². The molecule has 0 fully saturated rings. The van der Waals surface area contributed by atoms with Crippen LogP contribution in [-0.2, 0) is 16.1 Å². The predicted molar refractivity (Wildman–Crippen MR) is 92.8 cm³/mol. The van der Waals surface area contributed by atoms with E-state index in [2.05, 4.69) is 5.32 Å². The van der Waals surface area contributed by atoms with Crippen molar-refractivity contribution in [3.63, 3.8) is 0 Å². The average Bonchev–Trinajstić information content (AvgIpc) is 2.63. The van der Waals surface area contributed by atoms with Crippen LogP contribution in [0.5, 0.6) is 5.75 Å². The number of aliphatic carboxylic acids is 1. The molecule has 1 unspecified atom stereocenters. The Balaban J connectivity index is 2.01. The third-order valence-electron chi connectivity index (χ3n) is 3.33. The summed E-state index contributed by atoms with van der Waals surface area (Å²) < 4.78 is 5.19. The molecular formula is C17H15ClN2O6. The number of nitrogens with one attached hydrogen (secondary N) is 1. The van der Waals surface area contributed by atoms with E-state index in [0.29, 0.717) is 12.1 Å². The van der Waals surface area contributed by atoms with Gasteiger partial charge in [0.15, 0.2) is 0 Å². The van der Waals surface area contributed by atoms with Crippen molar-refractivity contribution in [3.05, 3.63) is 59.7 Å². The molecular weight excluding hydrogens is 364 g/mol. The summed E-state index contributed by atoms with van der Waals surface area (Å²) in [7, 11) is 0. The molecule has 26 heavy (non-hydrogen) atoms. The highest BCUT2D eigenvalue weighted by atomic mass is 35.5. The molecule has 5 N–H and O–H groups in total. The first kappa shape index (κ1) is 19.4. The molecule has 1 atom stereocenters. The molecule has 0 saturated carbocycles. The molecule has 0 aliphatic carbocycles. The SMILES string of the molecule is NCc1ccc(C(=O)Oc2ccc(NC(=O)C(O)(Cl)C(=O)O)cc2)cc1. The fourth-order valence-electron chi connectivity index (χ4n) is 1.86. The van der Waals surface area contributed by atoms with Crippen molar-refractivity contribution in [3.8, 4) is 5.75 Å². The van der Waals surface area contributed by atoms with Crippen LogP contribution in [0.15, 0.2) is 48.5 Å². The number of carbonyl (C=O) groups is 3. The van der Waals surface area contributed by atoms with Crippen LogP contribution >= 0.6 is 11.6 Å². The molecule has 136 valence electrons. The number of ether oxygens (including phenoxy) is 1. The Morgan fingerprint density at radius 2 is 1.65 bits per heavy atom. The highest BCUT2D eigenvalue weighted by Crippen LogP contribution is 2.20. The zero-order chi connectivity index (χ0) is 19.3. The van der Waals surface area contributed by atoms with Gasteiger partial charge in [-0.25, -0.2) is 9.59 Å². The molecule has 0 aromatic heterocycles. The number of carboxylic acids is 1. The van der Waals surface area contributed by atoms with Gasteiger partial charge in [-0.1, -0.05) is 23.7 Å². The number of hydrogen-bond acceptors (Lipinski definition) is 6. The van der Waals surface area contributed by atoms with Gasteiger partial charge in [-0.15, -0.1) is 0 Å². The second-order valence-electron chi connectivity index (χ2n) is 5.20. The van der Waals surface area contributed by atoms with Gasteiger partial charge < -0.3 is 26.0 Å². The minimum absolute atomic E-state index is 0.155. The topological polar surface area (TPSA) is 139 Å². The van der Waals surface area contributed by atoms with Gasteiger partial charge in [0.1, 0.15) is 5.75 Å². The summed E-state index contributed by atoms with van der Waals surface area (Å²) in [6.07, 6.45) is 0. The number of hydrogen-bond donors (Lipinski definition) is 4. The molecule has 0 bridgehead atoms. The van der Waals surface area contributed by atoms with Gasteiger partial charge >= 0.3 is 17.0 Å². The molecule has 1 amide bonds. The first-order valence-corrected chi connectivity index (χ1v) is 7.69. The molecule has 0 heterocycles. The molecule has 2 aromatic rings. The van der Waals surface area contributed by atoms with Crippen LogP contribution in [0.4, 0.5) is 5.69 Å². The summed E-state index contributed by atoms with van der Waals surface area (Å²) in [6, 6.07) is 12.1. The summed E-state index contributed by atoms with van der Waals surface area (Å²) in [6.45, 7) is 0.363. The number of rotatable bonds is 6. The van der Waals surface area contributed by atoms with Gasteiger partial charge in [0, 0.05) is 12.2 Å². The Hall–Kier alpha value is -2.94. The van der Waals surface area contributed by atoms with Crippen molar-refractivity contribution in [1.29, 1.82) is 0 Å². The molecule has 0 spiro atoms. The lowest BCUT2D eigenvalue weighted by atomic mass is 10.1. The zero-order valence-corrected chi connectivity index (χ0v) is 14.1. The maximum absolute atomic E-state index is 12.0. The van der Waals surface area contributed by atoms with Crippen molar-refractivity contribution in [1.82, 2.24) is 0 Å². The number of alkyl halides is 1. The smallest absolute Gasteiger partial charge is 0.362 e. The van der Waals surface area contributed by atoms with E-state index < -0.39 is 22.9 Å². The molecule has 0 radical (unpaired) electrons. The number of amides is 1. The Morgan fingerprint density at radius 1 is 1.08 bits per heavy atom.